The Hall–Kier alpha value is -2.35. The molecule has 0 unspecified atom stereocenters. The Morgan fingerprint density at radius 3 is 2.40 bits per heavy atom. The van der Waals surface area contributed by atoms with Crippen LogP contribution in [-0.2, 0) is 17.9 Å². The lowest BCUT2D eigenvalue weighted by Crippen LogP contribution is -2.27. The Bertz CT molecular complexity index is 1350. The highest BCUT2D eigenvalue weighted by Crippen LogP contribution is 2.40. The van der Waals surface area contributed by atoms with Crippen LogP contribution in [0.5, 0.6) is 11.5 Å². The number of halogens is 4. The van der Waals surface area contributed by atoms with E-state index >= 15 is 0 Å². The van der Waals surface area contributed by atoms with E-state index in [2.05, 4.69) is 0 Å². The van der Waals surface area contributed by atoms with Crippen molar-refractivity contribution in [3.63, 3.8) is 0 Å². The maximum atomic E-state index is 12.9. The summed E-state index contributed by atoms with van der Waals surface area (Å²) in [6.45, 7) is 0.234. The van der Waals surface area contributed by atoms with Gasteiger partial charge in [0.25, 0.3) is 11.1 Å². The van der Waals surface area contributed by atoms with Gasteiger partial charge in [-0.2, -0.15) is 0 Å². The second-order valence-corrected chi connectivity index (χ2v) is 10.1. The van der Waals surface area contributed by atoms with Crippen LogP contribution in [0.4, 0.5) is 4.79 Å². The Kier molecular flexibility index (Phi) is 8.19. The first-order valence-corrected chi connectivity index (χ1v) is 12.5. The Morgan fingerprint density at radius 1 is 0.914 bits per heavy atom. The number of hydrogen-bond donors (Lipinski definition) is 0. The number of thioether (sulfide) groups is 1. The number of carbonyl (C=O) groups is 2. The number of methoxy groups -OCH3 is 1. The van der Waals surface area contributed by atoms with E-state index in [1.165, 1.54) is 7.11 Å². The lowest BCUT2D eigenvalue weighted by Gasteiger charge is -2.14. The van der Waals surface area contributed by atoms with E-state index in [-0.39, 0.29) is 23.1 Å². The first-order valence-electron chi connectivity index (χ1n) is 10.2. The molecule has 0 saturated carbocycles. The minimum absolute atomic E-state index is 0.0386. The second kappa shape index (κ2) is 11.1. The molecule has 0 N–H and O–H groups in total. The number of nitrogens with zero attached hydrogens (tertiary/aromatic N) is 1. The molecule has 0 spiro atoms. The summed E-state index contributed by atoms with van der Waals surface area (Å²) in [6, 6.07) is 15.5. The van der Waals surface area contributed by atoms with Gasteiger partial charge >= 0.3 is 0 Å². The molecule has 5 nitrogen and oxygen atoms in total. The minimum atomic E-state index is -0.430. The van der Waals surface area contributed by atoms with Crippen molar-refractivity contribution in [3.8, 4) is 11.5 Å². The lowest BCUT2D eigenvalue weighted by molar-refractivity contribution is -0.123. The van der Waals surface area contributed by atoms with Gasteiger partial charge in [-0.1, -0.05) is 70.7 Å². The van der Waals surface area contributed by atoms with Crippen molar-refractivity contribution in [2.45, 2.75) is 13.2 Å². The van der Waals surface area contributed by atoms with Gasteiger partial charge in [0.1, 0.15) is 6.61 Å². The molecule has 0 bridgehead atoms. The normalized spacial score (nSPS) is 14.7. The van der Waals surface area contributed by atoms with Gasteiger partial charge in [-0.15, -0.1) is 0 Å². The van der Waals surface area contributed by atoms with E-state index in [1.807, 2.05) is 18.2 Å². The molecule has 0 atom stereocenters. The van der Waals surface area contributed by atoms with E-state index in [0.717, 1.165) is 22.2 Å². The monoisotopic (exact) mass is 567 g/mol. The van der Waals surface area contributed by atoms with Gasteiger partial charge in [0.05, 0.1) is 23.6 Å². The highest BCUT2D eigenvalue weighted by Gasteiger charge is 2.35. The maximum absolute atomic E-state index is 12.9. The Balaban J connectivity index is 1.54. The standard InChI is InChI=1S/C25H17Cl4NO4S/c1-33-21-9-14(8-20(29)23(21)34-13-16-4-2-3-5-18(16)27)10-22-24(31)30(25(32)35-22)12-15-6-7-17(26)11-19(15)28/h2-11H,12-13H2,1H3/b22-10-. The zero-order valence-corrected chi connectivity index (χ0v) is 22.0. The Morgan fingerprint density at radius 2 is 1.69 bits per heavy atom. The molecule has 1 fully saturated rings. The van der Waals surface area contributed by atoms with Crippen LogP contribution in [0, 0.1) is 0 Å². The van der Waals surface area contributed by atoms with Crippen LogP contribution in [-0.4, -0.2) is 23.2 Å². The first kappa shape index (κ1) is 25.7. The molecule has 180 valence electrons. The van der Waals surface area contributed by atoms with Crippen LogP contribution in [0.15, 0.2) is 59.5 Å². The molecule has 2 amide bonds. The van der Waals surface area contributed by atoms with Crippen LogP contribution < -0.4 is 9.47 Å². The Labute approximate surface area is 226 Å². The topological polar surface area (TPSA) is 55.8 Å². The van der Waals surface area contributed by atoms with Crippen LogP contribution in [0.3, 0.4) is 0 Å². The third-order valence-electron chi connectivity index (χ3n) is 5.10. The number of imide groups is 1. The third kappa shape index (κ3) is 5.90. The largest absolute Gasteiger partial charge is 0.493 e. The molecule has 1 saturated heterocycles. The van der Waals surface area contributed by atoms with Gasteiger partial charge in [0.15, 0.2) is 11.5 Å². The molecule has 3 aromatic carbocycles. The summed E-state index contributed by atoms with van der Waals surface area (Å²) >= 11 is 25.6. The SMILES string of the molecule is COc1cc(/C=C2\SC(=O)N(Cc3ccc(Cl)cc3Cl)C2=O)cc(Cl)c1OCc1ccccc1Cl. The van der Waals surface area contributed by atoms with Crippen molar-refractivity contribution in [2.75, 3.05) is 7.11 Å². The molecule has 10 heteroatoms. The number of rotatable bonds is 7. The zero-order valence-electron chi connectivity index (χ0n) is 18.2. The molecular weight excluding hydrogens is 552 g/mol. The van der Waals surface area contributed by atoms with Crippen LogP contribution in [0.2, 0.25) is 20.1 Å². The van der Waals surface area contributed by atoms with Crippen molar-refractivity contribution in [2.24, 2.45) is 0 Å². The number of amides is 2. The predicted molar refractivity (Wildman–Crippen MR) is 142 cm³/mol. The summed E-state index contributed by atoms with van der Waals surface area (Å²) in [5.74, 6) is 0.292. The van der Waals surface area contributed by atoms with Crippen molar-refractivity contribution >= 4 is 75.4 Å². The van der Waals surface area contributed by atoms with Gasteiger partial charge in [0, 0.05) is 20.6 Å². The summed E-state index contributed by atoms with van der Waals surface area (Å²) in [5.41, 5.74) is 1.99. The number of carbonyl (C=O) groups excluding carboxylic acids is 2. The molecule has 1 aliphatic heterocycles. The second-order valence-electron chi connectivity index (χ2n) is 7.42. The number of hydrogen-bond acceptors (Lipinski definition) is 5. The number of benzene rings is 3. The van der Waals surface area contributed by atoms with Crippen molar-refractivity contribution in [3.05, 3.63) is 96.3 Å². The molecule has 0 aromatic heterocycles. The van der Waals surface area contributed by atoms with Crippen LogP contribution >= 0.6 is 58.2 Å². The molecule has 1 aliphatic rings. The zero-order chi connectivity index (χ0) is 25.1. The molecule has 0 radical (unpaired) electrons. The van der Waals surface area contributed by atoms with Crippen LogP contribution in [0.1, 0.15) is 16.7 Å². The van der Waals surface area contributed by atoms with Gasteiger partial charge < -0.3 is 9.47 Å². The van der Waals surface area contributed by atoms with E-state index in [4.69, 9.17) is 55.9 Å². The van der Waals surface area contributed by atoms with Crippen molar-refractivity contribution in [1.82, 2.24) is 4.90 Å². The lowest BCUT2D eigenvalue weighted by atomic mass is 10.1. The smallest absolute Gasteiger partial charge is 0.293 e. The quantitative estimate of drug-likeness (QED) is 0.269. The van der Waals surface area contributed by atoms with Crippen molar-refractivity contribution in [1.29, 1.82) is 0 Å². The summed E-state index contributed by atoms with van der Waals surface area (Å²) in [6.07, 6.45) is 1.58. The van der Waals surface area contributed by atoms with E-state index < -0.39 is 11.1 Å². The molecular formula is C25H17Cl4NO4S. The molecule has 35 heavy (non-hydrogen) atoms. The van der Waals surface area contributed by atoms with E-state index in [9.17, 15) is 9.59 Å². The van der Waals surface area contributed by atoms with Crippen LogP contribution in [0.25, 0.3) is 6.08 Å². The molecule has 1 heterocycles. The summed E-state index contributed by atoms with van der Waals surface area (Å²) < 4.78 is 11.3. The molecule has 4 rings (SSSR count). The summed E-state index contributed by atoms with van der Waals surface area (Å²) in [4.78, 5) is 26.9. The van der Waals surface area contributed by atoms with Gasteiger partial charge in [0.2, 0.25) is 0 Å². The van der Waals surface area contributed by atoms with Gasteiger partial charge in [-0.25, -0.2) is 0 Å². The fourth-order valence-electron chi connectivity index (χ4n) is 3.34. The van der Waals surface area contributed by atoms with Gasteiger partial charge in [-0.05, 0) is 59.3 Å². The average molecular weight is 569 g/mol. The maximum Gasteiger partial charge on any atom is 0.293 e. The van der Waals surface area contributed by atoms with Gasteiger partial charge in [-0.3, -0.25) is 14.5 Å². The molecule has 0 aliphatic carbocycles. The first-order chi connectivity index (χ1) is 16.8. The van der Waals surface area contributed by atoms with Crippen molar-refractivity contribution < 1.29 is 19.1 Å². The average Bonchev–Trinajstić information content (AvgIpc) is 3.08. The van der Waals surface area contributed by atoms with E-state index in [1.54, 1.807) is 42.5 Å². The summed E-state index contributed by atoms with van der Waals surface area (Å²) in [7, 11) is 1.49. The number of ether oxygens (including phenoxy) is 2. The van der Waals surface area contributed by atoms with E-state index in [0.29, 0.717) is 37.7 Å². The fraction of sp³-hybridized carbons (Fsp3) is 0.120. The highest BCUT2D eigenvalue weighted by atomic mass is 35.5. The predicted octanol–water partition coefficient (Wildman–Crippen LogP) is 8.12. The molecule has 3 aromatic rings. The minimum Gasteiger partial charge on any atom is -0.493 e. The third-order valence-corrected chi connectivity index (χ3v) is 7.24. The fourth-order valence-corrected chi connectivity index (χ4v) is 5.11. The summed E-state index contributed by atoms with van der Waals surface area (Å²) in [5, 5.41) is 1.32. The highest BCUT2D eigenvalue weighted by molar-refractivity contribution is 8.18.